The first-order chi connectivity index (χ1) is 11.4. The van der Waals surface area contributed by atoms with Crippen molar-refractivity contribution in [2.45, 2.75) is 38.8 Å². The van der Waals surface area contributed by atoms with Crippen LogP contribution in [0.5, 0.6) is 0 Å². The van der Waals surface area contributed by atoms with E-state index in [-0.39, 0.29) is 6.54 Å². The van der Waals surface area contributed by atoms with Crippen LogP contribution < -0.4 is 0 Å². The molecule has 0 radical (unpaired) electrons. The third kappa shape index (κ3) is 3.62. The van der Waals surface area contributed by atoms with Gasteiger partial charge in [-0.05, 0) is 32.4 Å². The van der Waals surface area contributed by atoms with E-state index in [1.54, 1.807) is 10.9 Å². The molecule has 3 heterocycles. The van der Waals surface area contributed by atoms with Crippen molar-refractivity contribution in [1.29, 1.82) is 0 Å². The van der Waals surface area contributed by atoms with Crippen molar-refractivity contribution >= 4 is 17.6 Å². The summed E-state index contributed by atoms with van der Waals surface area (Å²) in [5.41, 5.74) is 3.02. The highest BCUT2D eigenvalue weighted by atomic mass is 35.5. The van der Waals surface area contributed by atoms with Crippen molar-refractivity contribution in [2.24, 2.45) is 7.05 Å². The van der Waals surface area contributed by atoms with E-state index in [1.807, 2.05) is 20.0 Å². The van der Waals surface area contributed by atoms with Gasteiger partial charge < -0.3 is 5.11 Å². The lowest BCUT2D eigenvalue weighted by Gasteiger charge is -2.31. The molecule has 3 rings (SSSR count). The standard InChI is InChI=1S/C16H22ClN5O2/c1-11-13(16(17)20(2)18-11)9-21-6-3-4-12(8-21)14-5-7-22(19-14)10-15(23)24/h5,7,12H,3-4,6,8-10H2,1-2H3,(H,23,24)/t12-/m0/s1. The summed E-state index contributed by atoms with van der Waals surface area (Å²) in [5, 5.41) is 18.3. The molecule has 0 saturated carbocycles. The number of aromatic nitrogens is 4. The van der Waals surface area contributed by atoms with Gasteiger partial charge in [-0.1, -0.05) is 11.6 Å². The lowest BCUT2D eigenvalue weighted by Crippen LogP contribution is -2.34. The average molecular weight is 352 g/mol. The van der Waals surface area contributed by atoms with Gasteiger partial charge in [-0.25, -0.2) is 0 Å². The summed E-state index contributed by atoms with van der Waals surface area (Å²) >= 11 is 6.34. The Hall–Kier alpha value is -1.86. The van der Waals surface area contributed by atoms with Crippen molar-refractivity contribution in [1.82, 2.24) is 24.5 Å². The minimum Gasteiger partial charge on any atom is -0.480 e. The molecule has 0 bridgehead atoms. The first-order valence-electron chi connectivity index (χ1n) is 8.09. The molecule has 7 nitrogen and oxygen atoms in total. The number of carboxylic acids is 1. The molecular weight excluding hydrogens is 330 g/mol. The molecule has 0 unspecified atom stereocenters. The number of rotatable bonds is 5. The van der Waals surface area contributed by atoms with Crippen molar-refractivity contribution in [3.05, 3.63) is 34.4 Å². The Labute approximate surface area is 145 Å². The van der Waals surface area contributed by atoms with Crippen molar-refractivity contribution in [3.8, 4) is 0 Å². The van der Waals surface area contributed by atoms with Crippen LogP contribution in [0.2, 0.25) is 5.15 Å². The fourth-order valence-corrected chi connectivity index (χ4v) is 3.57. The molecule has 1 aliphatic heterocycles. The molecular formula is C16H22ClN5O2. The van der Waals surface area contributed by atoms with Crippen LogP contribution in [0.15, 0.2) is 12.3 Å². The Morgan fingerprint density at radius 2 is 2.25 bits per heavy atom. The maximum absolute atomic E-state index is 10.8. The molecule has 1 atom stereocenters. The van der Waals surface area contributed by atoms with Gasteiger partial charge in [0.25, 0.3) is 0 Å². The SMILES string of the molecule is Cc1nn(C)c(Cl)c1CN1CCC[C@H](c2ccn(CC(=O)O)n2)C1. The second-order valence-corrected chi connectivity index (χ2v) is 6.74. The van der Waals surface area contributed by atoms with E-state index < -0.39 is 5.97 Å². The van der Waals surface area contributed by atoms with E-state index in [0.29, 0.717) is 11.1 Å². The van der Waals surface area contributed by atoms with Gasteiger partial charge in [0.2, 0.25) is 0 Å². The number of aliphatic carboxylic acids is 1. The summed E-state index contributed by atoms with van der Waals surface area (Å²) in [6.45, 7) is 4.59. The van der Waals surface area contributed by atoms with E-state index in [9.17, 15) is 4.79 Å². The summed E-state index contributed by atoms with van der Waals surface area (Å²) in [5.74, 6) is -0.554. The van der Waals surface area contributed by atoms with Gasteiger partial charge in [0.15, 0.2) is 0 Å². The van der Waals surface area contributed by atoms with E-state index in [0.717, 1.165) is 49.4 Å². The van der Waals surface area contributed by atoms with Crippen molar-refractivity contribution < 1.29 is 9.90 Å². The second-order valence-electron chi connectivity index (χ2n) is 6.38. The highest BCUT2D eigenvalue weighted by molar-refractivity contribution is 6.30. The number of aryl methyl sites for hydroxylation is 2. The van der Waals surface area contributed by atoms with Crippen LogP contribution in [0.3, 0.4) is 0 Å². The summed E-state index contributed by atoms with van der Waals surface area (Å²) in [7, 11) is 1.85. The van der Waals surface area contributed by atoms with Gasteiger partial charge >= 0.3 is 5.97 Å². The number of hydrogen-bond donors (Lipinski definition) is 1. The molecule has 0 aromatic carbocycles. The predicted molar refractivity (Wildman–Crippen MR) is 90.1 cm³/mol. The summed E-state index contributed by atoms with van der Waals surface area (Å²) in [6.07, 6.45) is 3.90. The zero-order chi connectivity index (χ0) is 17.3. The molecule has 0 aliphatic carbocycles. The predicted octanol–water partition coefficient (Wildman–Crippen LogP) is 2.04. The third-order valence-corrected chi connectivity index (χ3v) is 5.01. The second kappa shape index (κ2) is 6.94. The number of carbonyl (C=O) groups is 1. The van der Waals surface area contributed by atoms with Crippen molar-refractivity contribution in [3.63, 3.8) is 0 Å². The smallest absolute Gasteiger partial charge is 0.325 e. The largest absolute Gasteiger partial charge is 0.480 e. The Morgan fingerprint density at radius 3 is 2.92 bits per heavy atom. The molecule has 2 aromatic rings. The molecule has 130 valence electrons. The minimum absolute atomic E-state index is 0.0963. The van der Waals surface area contributed by atoms with Gasteiger partial charge in [0.05, 0.1) is 11.4 Å². The van der Waals surface area contributed by atoms with Crippen LogP contribution in [-0.4, -0.2) is 48.6 Å². The Bertz CT molecular complexity index is 739. The maximum atomic E-state index is 10.8. The van der Waals surface area contributed by atoms with Crippen LogP contribution in [0.4, 0.5) is 0 Å². The number of halogens is 1. The van der Waals surface area contributed by atoms with Gasteiger partial charge in [0.1, 0.15) is 11.7 Å². The molecule has 1 saturated heterocycles. The Morgan fingerprint density at radius 1 is 1.46 bits per heavy atom. The molecule has 0 amide bonds. The number of likely N-dealkylation sites (tertiary alicyclic amines) is 1. The fraction of sp³-hybridized carbons (Fsp3) is 0.562. The quantitative estimate of drug-likeness (QED) is 0.892. The maximum Gasteiger partial charge on any atom is 0.325 e. The zero-order valence-electron chi connectivity index (χ0n) is 13.9. The van der Waals surface area contributed by atoms with Crippen LogP contribution >= 0.6 is 11.6 Å². The molecule has 1 N–H and O–H groups in total. The topological polar surface area (TPSA) is 76.2 Å². The Balaban J connectivity index is 1.68. The van der Waals surface area contributed by atoms with E-state index in [4.69, 9.17) is 16.7 Å². The summed E-state index contributed by atoms with van der Waals surface area (Å²) in [4.78, 5) is 13.2. The van der Waals surface area contributed by atoms with Gasteiger partial charge in [-0.15, -0.1) is 0 Å². The number of carboxylic acid groups (broad SMARTS) is 1. The highest BCUT2D eigenvalue weighted by Gasteiger charge is 2.25. The number of hydrogen-bond acceptors (Lipinski definition) is 4. The lowest BCUT2D eigenvalue weighted by atomic mass is 9.94. The monoisotopic (exact) mass is 351 g/mol. The van der Waals surface area contributed by atoms with Crippen LogP contribution in [-0.2, 0) is 24.9 Å². The van der Waals surface area contributed by atoms with E-state index in [2.05, 4.69) is 15.1 Å². The van der Waals surface area contributed by atoms with Gasteiger partial charge in [-0.2, -0.15) is 10.2 Å². The molecule has 0 spiro atoms. The summed E-state index contributed by atoms with van der Waals surface area (Å²) in [6, 6.07) is 1.93. The number of piperidine rings is 1. The molecule has 1 aliphatic rings. The Kier molecular flexibility index (Phi) is 4.91. The lowest BCUT2D eigenvalue weighted by molar-refractivity contribution is -0.137. The molecule has 24 heavy (non-hydrogen) atoms. The first kappa shape index (κ1) is 17.0. The first-order valence-corrected chi connectivity index (χ1v) is 8.47. The van der Waals surface area contributed by atoms with E-state index >= 15 is 0 Å². The van der Waals surface area contributed by atoms with Crippen LogP contribution in [0.25, 0.3) is 0 Å². The average Bonchev–Trinajstić information content (AvgIpc) is 3.08. The van der Waals surface area contributed by atoms with Crippen LogP contribution in [0.1, 0.15) is 35.7 Å². The third-order valence-electron chi connectivity index (χ3n) is 4.53. The van der Waals surface area contributed by atoms with Gasteiger partial charge in [-0.3, -0.25) is 19.1 Å². The normalized spacial score (nSPS) is 18.9. The summed E-state index contributed by atoms with van der Waals surface area (Å²) < 4.78 is 3.19. The van der Waals surface area contributed by atoms with Gasteiger partial charge in [0, 0.05) is 37.8 Å². The molecule has 2 aromatic heterocycles. The molecule has 8 heteroatoms. The van der Waals surface area contributed by atoms with Crippen LogP contribution in [0, 0.1) is 6.92 Å². The minimum atomic E-state index is -0.878. The van der Waals surface area contributed by atoms with E-state index in [1.165, 1.54) is 4.68 Å². The number of nitrogens with zero attached hydrogens (tertiary/aromatic N) is 5. The highest BCUT2D eigenvalue weighted by Crippen LogP contribution is 2.28. The molecule has 1 fully saturated rings. The fourth-order valence-electron chi connectivity index (χ4n) is 3.34. The van der Waals surface area contributed by atoms with Crippen molar-refractivity contribution in [2.75, 3.05) is 13.1 Å². The zero-order valence-corrected chi connectivity index (χ0v) is 14.7.